The van der Waals surface area contributed by atoms with Crippen LogP contribution in [-0.2, 0) is 10.2 Å². The SMILES string of the molecule is CCNC(=NCC1(c2cc(C)ccc2OC)CCOCC1)NCC1CCCN1CC.I. The molecule has 1 atom stereocenters. The molecule has 1 unspecified atom stereocenters. The van der Waals surface area contributed by atoms with E-state index >= 15 is 0 Å². The Hall–Kier alpha value is -1.06. The lowest BCUT2D eigenvalue weighted by Gasteiger charge is -2.37. The van der Waals surface area contributed by atoms with Gasteiger partial charge in [-0.05, 0) is 58.7 Å². The van der Waals surface area contributed by atoms with Gasteiger partial charge in [0, 0.05) is 43.3 Å². The van der Waals surface area contributed by atoms with Crippen molar-refractivity contribution in [1.29, 1.82) is 0 Å². The number of nitrogens with zero attached hydrogens (tertiary/aromatic N) is 2. The largest absolute Gasteiger partial charge is 0.496 e. The minimum atomic E-state index is -0.0548. The van der Waals surface area contributed by atoms with Crippen LogP contribution in [0.4, 0.5) is 0 Å². The molecule has 3 rings (SSSR count). The molecule has 0 aromatic heterocycles. The molecule has 2 N–H and O–H groups in total. The highest BCUT2D eigenvalue weighted by Gasteiger charge is 2.37. The molecule has 0 amide bonds. The molecule has 2 aliphatic heterocycles. The number of halogens is 1. The van der Waals surface area contributed by atoms with Gasteiger partial charge in [0.1, 0.15) is 5.75 Å². The molecule has 2 heterocycles. The van der Waals surface area contributed by atoms with Crippen molar-refractivity contribution in [2.45, 2.75) is 57.9 Å². The number of aliphatic imine (C=N–C) groups is 1. The maximum atomic E-state index is 5.75. The standard InChI is InChI=1S/C24H40N4O2.HI/c1-5-25-23(26-17-20-8-7-13-28(20)6-2)27-18-24(11-14-30-15-12-24)21-16-19(3)9-10-22(21)29-4;/h9-10,16,20H,5-8,11-15,17-18H2,1-4H3,(H2,25,26,27);1H. The van der Waals surface area contributed by atoms with Crippen LogP contribution in [0, 0.1) is 6.92 Å². The van der Waals surface area contributed by atoms with Gasteiger partial charge in [-0.25, -0.2) is 0 Å². The van der Waals surface area contributed by atoms with Crippen molar-refractivity contribution in [3.8, 4) is 5.75 Å². The average Bonchev–Trinajstić information content (AvgIpc) is 3.24. The van der Waals surface area contributed by atoms with Crippen LogP contribution in [0.1, 0.15) is 50.7 Å². The van der Waals surface area contributed by atoms with E-state index in [-0.39, 0.29) is 29.4 Å². The first kappa shape index (κ1) is 26.2. The van der Waals surface area contributed by atoms with Crippen LogP contribution in [0.15, 0.2) is 23.2 Å². The number of hydrogen-bond donors (Lipinski definition) is 2. The first-order chi connectivity index (χ1) is 14.6. The highest BCUT2D eigenvalue weighted by Crippen LogP contribution is 2.40. The molecule has 2 fully saturated rings. The number of ether oxygens (including phenoxy) is 2. The summed E-state index contributed by atoms with van der Waals surface area (Å²) in [5.74, 6) is 1.87. The van der Waals surface area contributed by atoms with E-state index in [2.05, 4.69) is 54.5 Å². The Bertz CT molecular complexity index is 707. The highest BCUT2D eigenvalue weighted by molar-refractivity contribution is 14.0. The molecule has 1 aromatic rings. The summed E-state index contributed by atoms with van der Waals surface area (Å²) in [6.07, 6.45) is 4.48. The van der Waals surface area contributed by atoms with Crippen molar-refractivity contribution in [3.63, 3.8) is 0 Å². The first-order valence-electron chi connectivity index (χ1n) is 11.6. The molecule has 0 radical (unpaired) electrons. The van der Waals surface area contributed by atoms with Gasteiger partial charge in [0.2, 0.25) is 0 Å². The van der Waals surface area contributed by atoms with Gasteiger partial charge in [0.05, 0.1) is 13.7 Å². The lowest BCUT2D eigenvalue weighted by atomic mass is 9.73. The number of likely N-dealkylation sites (N-methyl/N-ethyl adjacent to an activating group) is 1. The Kier molecular flexibility index (Phi) is 10.9. The fourth-order valence-corrected chi connectivity index (χ4v) is 4.84. The Morgan fingerprint density at radius 3 is 2.71 bits per heavy atom. The molecule has 31 heavy (non-hydrogen) atoms. The zero-order chi connectivity index (χ0) is 21.4. The van der Waals surface area contributed by atoms with E-state index in [1.54, 1.807) is 7.11 Å². The van der Waals surface area contributed by atoms with E-state index < -0.39 is 0 Å². The lowest BCUT2D eigenvalue weighted by Crippen LogP contribution is -2.46. The summed E-state index contributed by atoms with van der Waals surface area (Å²) >= 11 is 0. The molecular weight excluding hydrogens is 503 g/mol. The number of guanidine groups is 1. The third-order valence-electron chi connectivity index (χ3n) is 6.67. The first-order valence-corrected chi connectivity index (χ1v) is 11.6. The molecule has 1 aromatic carbocycles. The Morgan fingerprint density at radius 2 is 2.03 bits per heavy atom. The van der Waals surface area contributed by atoms with Gasteiger partial charge in [0.15, 0.2) is 5.96 Å². The van der Waals surface area contributed by atoms with Gasteiger partial charge >= 0.3 is 0 Å². The van der Waals surface area contributed by atoms with Crippen molar-refractivity contribution in [2.24, 2.45) is 4.99 Å². The zero-order valence-electron chi connectivity index (χ0n) is 19.7. The topological polar surface area (TPSA) is 58.1 Å². The Labute approximate surface area is 205 Å². The van der Waals surface area contributed by atoms with Gasteiger partial charge in [-0.3, -0.25) is 9.89 Å². The van der Waals surface area contributed by atoms with Crippen molar-refractivity contribution in [2.75, 3.05) is 53.0 Å². The number of hydrogen-bond acceptors (Lipinski definition) is 4. The minimum Gasteiger partial charge on any atom is -0.496 e. The second-order valence-electron chi connectivity index (χ2n) is 8.60. The van der Waals surface area contributed by atoms with Crippen LogP contribution < -0.4 is 15.4 Å². The van der Waals surface area contributed by atoms with E-state index in [4.69, 9.17) is 14.5 Å². The van der Waals surface area contributed by atoms with E-state index in [1.165, 1.54) is 30.5 Å². The number of aryl methyl sites for hydroxylation is 1. The number of likely N-dealkylation sites (tertiary alicyclic amines) is 1. The third kappa shape index (κ3) is 6.71. The zero-order valence-corrected chi connectivity index (χ0v) is 22.0. The fraction of sp³-hybridized carbons (Fsp3) is 0.708. The lowest BCUT2D eigenvalue weighted by molar-refractivity contribution is 0.0522. The van der Waals surface area contributed by atoms with Gasteiger partial charge in [0.25, 0.3) is 0 Å². The molecule has 2 saturated heterocycles. The average molecular weight is 545 g/mol. The van der Waals surface area contributed by atoms with Crippen LogP contribution in [0.5, 0.6) is 5.75 Å². The normalized spacial score (nSPS) is 21.4. The predicted molar refractivity (Wildman–Crippen MR) is 139 cm³/mol. The maximum absolute atomic E-state index is 5.75. The molecule has 6 nitrogen and oxygen atoms in total. The Morgan fingerprint density at radius 1 is 1.26 bits per heavy atom. The minimum absolute atomic E-state index is 0. The quantitative estimate of drug-likeness (QED) is 0.297. The van der Waals surface area contributed by atoms with E-state index in [0.29, 0.717) is 6.04 Å². The molecule has 2 aliphatic rings. The van der Waals surface area contributed by atoms with Crippen LogP contribution >= 0.6 is 24.0 Å². The number of benzene rings is 1. The molecular formula is C24H41IN4O2. The molecule has 0 bridgehead atoms. The fourth-order valence-electron chi connectivity index (χ4n) is 4.84. The van der Waals surface area contributed by atoms with Gasteiger partial charge in [-0.15, -0.1) is 24.0 Å². The number of nitrogens with one attached hydrogen (secondary N) is 2. The van der Waals surface area contributed by atoms with Crippen LogP contribution in [0.25, 0.3) is 0 Å². The van der Waals surface area contributed by atoms with Crippen molar-refractivity contribution < 1.29 is 9.47 Å². The van der Waals surface area contributed by atoms with Crippen LogP contribution in [0.3, 0.4) is 0 Å². The van der Waals surface area contributed by atoms with Crippen LogP contribution in [-0.4, -0.2) is 69.9 Å². The smallest absolute Gasteiger partial charge is 0.191 e. The summed E-state index contributed by atoms with van der Waals surface area (Å²) in [7, 11) is 1.76. The van der Waals surface area contributed by atoms with Gasteiger partial charge in [-0.1, -0.05) is 24.6 Å². The van der Waals surface area contributed by atoms with Crippen molar-refractivity contribution >= 4 is 29.9 Å². The van der Waals surface area contributed by atoms with Crippen molar-refractivity contribution in [3.05, 3.63) is 29.3 Å². The number of rotatable bonds is 8. The highest BCUT2D eigenvalue weighted by atomic mass is 127. The van der Waals surface area contributed by atoms with Gasteiger partial charge in [-0.2, -0.15) is 0 Å². The molecule has 0 aliphatic carbocycles. The van der Waals surface area contributed by atoms with E-state index in [0.717, 1.165) is 63.9 Å². The van der Waals surface area contributed by atoms with E-state index in [1.807, 2.05) is 0 Å². The van der Waals surface area contributed by atoms with Crippen LogP contribution in [0.2, 0.25) is 0 Å². The molecule has 0 spiro atoms. The predicted octanol–water partition coefficient (Wildman–Crippen LogP) is 3.71. The summed E-state index contributed by atoms with van der Waals surface area (Å²) in [4.78, 5) is 7.63. The summed E-state index contributed by atoms with van der Waals surface area (Å²) in [5.41, 5.74) is 2.47. The summed E-state index contributed by atoms with van der Waals surface area (Å²) < 4.78 is 11.5. The monoisotopic (exact) mass is 544 g/mol. The van der Waals surface area contributed by atoms with E-state index in [9.17, 15) is 0 Å². The van der Waals surface area contributed by atoms with Gasteiger partial charge < -0.3 is 20.1 Å². The second kappa shape index (κ2) is 12.8. The Balaban J connectivity index is 0.00000341. The third-order valence-corrected chi connectivity index (χ3v) is 6.67. The second-order valence-corrected chi connectivity index (χ2v) is 8.60. The summed E-state index contributed by atoms with van der Waals surface area (Å²) in [5, 5.41) is 7.06. The summed E-state index contributed by atoms with van der Waals surface area (Å²) in [6.45, 7) is 12.9. The molecule has 176 valence electrons. The molecule has 7 heteroatoms. The summed E-state index contributed by atoms with van der Waals surface area (Å²) in [6, 6.07) is 7.09. The van der Waals surface area contributed by atoms with Crippen molar-refractivity contribution in [1.82, 2.24) is 15.5 Å². The molecule has 0 saturated carbocycles. The number of methoxy groups -OCH3 is 1. The maximum Gasteiger partial charge on any atom is 0.191 e.